The van der Waals surface area contributed by atoms with Gasteiger partial charge in [-0.05, 0) is 24.6 Å². The summed E-state index contributed by atoms with van der Waals surface area (Å²) in [6.45, 7) is 3.03. The molecule has 0 saturated carbocycles. The van der Waals surface area contributed by atoms with E-state index >= 15 is 0 Å². The molecule has 1 aromatic heterocycles. The molecule has 0 bridgehead atoms. The number of ether oxygens (including phenoxy) is 1. The number of nitrogens with zero attached hydrogens (tertiary/aromatic N) is 1. The molecule has 5 nitrogen and oxygen atoms in total. The van der Waals surface area contributed by atoms with E-state index in [4.69, 9.17) is 4.74 Å². The number of rotatable bonds is 6. The Bertz CT molecular complexity index is 795. The van der Waals surface area contributed by atoms with Crippen LogP contribution in [0.3, 0.4) is 0 Å². The van der Waals surface area contributed by atoms with E-state index in [1.807, 2.05) is 61.5 Å². The Hall–Kier alpha value is -3.08. The molecule has 0 radical (unpaired) electrons. The fraction of sp³-hybridized carbons (Fsp3) is 0.158. The van der Waals surface area contributed by atoms with Crippen molar-refractivity contribution < 1.29 is 9.53 Å². The van der Waals surface area contributed by atoms with Crippen molar-refractivity contribution in [3.8, 4) is 17.0 Å². The van der Waals surface area contributed by atoms with Gasteiger partial charge >= 0.3 is 0 Å². The minimum Gasteiger partial charge on any atom is -0.494 e. The molecular weight excluding hydrogens is 302 g/mol. The number of nitrogens with one attached hydrogen (secondary N) is 2. The molecule has 122 valence electrons. The molecule has 2 N–H and O–H groups in total. The molecule has 1 amide bonds. The predicted octanol–water partition coefficient (Wildman–Crippen LogP) is 3.41. The van der Waals surface area contributed by atoms with Crippen LogP contribution in [0.1, 0.15) is 22.8 Å². The summed E-state index contributed by atoms with van der Waals surface area (Å²) < 4.78 is 5.41. The van der Waals surface area contributed by atoms with E-state index in [2.05, 4.69) is 15.5 Å². The highest BCUT2D eigenvalue weighted by Gasteiger charge is 2.14. The molecule has 3 rings (SSSR count). The summed E-state index contributed by atoms with van der Waals surface area (Å²) in [5, 5.41) is 9.82. The number of benzene rings is 2. The van der Waals surface area contributed by atoms with Crippen LogP contribution in [-0.4, -0.2) is 22.7 Å². The Labute approximate surface area is 140 Å². The number of carbonyl (C=O) groups is 1. The van der Waals surface area contributed by atoms with Gasteiger partial charge in [-0.15, -0.1) is 0 Å². The summed E-state index contributed by atoms with van der Waals surface area (Å²) in [4.78, 5) is 12.4. The highest BCUT2D eigenvalue weighted by molar-refractivity contribution is 5.99. The summed E-state index contributed by atoms with van der Waals surface area (Å²) in [6.07, 6.45) is 1.55. The lowest BCUT2D eigenvalue weighted by molar-refractivity contribution is 0.0951. The molecule has 0 fully saturated rings. The van der Waals surface area contributed by atoms with Crippen LogP contribution in [0.5, 0.6) is 5.75 Å². The van der Waals surface area contributed by atoms with Crippen molar-refractivity contribution in [2.24, 2.45) is 0 Å². The number of hydrogen-bond acceptors (Lipinski definition) is 3. The summed E-state index contributed by atoms with van der Waals surface area (Å²) in [6, 6.07) is 17.4. The fourth-order valence-electron chi connectivity index (χ4n) is 2.43. The third-order valence-electron chi connectivity index (χ3n) is 3.63. The fourth-order valence-corrected chi connectivity index (χ4v) is 2.43. The van der Waals surface area contributed by atoms with Crippen LogP contribution in [0.15, 0.2) is 60.8 Å². The highest BCUT2D eigenvalue weighted by atomic mass is 16.5. The van der Waals surface area contributed by atoms with Gasteiger partial charge in [-0.3, -0.25) is 9.89 Å². The van der Waals surface area contributed by atoms with Crippen LogP contribution in [0, 0.1) is 0 Å². The number of carbonyl (C=O) groups excluding carboxylic acids is 1. The second-order valence-electron chi connectivity index (χ2n) is 5.28. The number of aromatic nitrogens is 2. The number of amides is 1. The first-order valence-corrected chi connectivity index (χ1v) is 7.86. The van der Waals surface area contributed by atoms with Gasteiger partial charge in [0.15, 0.2) is 0 Å². The molecule has 0 aliphatic rings. The maximum atomic E-state index is 12.4. The molecule has 0 unspecified atom stereocenters. The number of hydrogen-bond donors (Lipinski definition) is 2. The average molecular weight is 321 g/mol. The van der Waals surface area contributed by atoms with Gasteiger partial charge in [-0.25, -0.2) is 0 Å². The molecule has 0 atom stereocenters. The second kappa shape index (κ2) is 7.46. The summed E-state index contributed by atoms with van der Waals surface area (Å²) in [5.74, 6) is 0.672. The SMILES string of the molecule is CCOc1ccc(CNC(=O)c2cn[nH]c2-c2ccccc2)cc1. The standard InChI is InChI=1S/C19H19N3O2/c1-2-24-16-10-8-14(9-11-16)12-20-19(23)17-13-21-22-18(17)15-6-4-3-5-7-15/h3-11,13H,2,12H2,1H3,(H,20,23)(H,21,22). The first kappa shape index (κ1) is 15.8. The van der Waals surface area contributed by atoms with E-state index in [-0.39, 0.29) is 5.91 Å². The molecule has 0 spiro atoms. The molecule has 2 aromatic carbocycles. The van der Waals surface area contributed by atoms with Crippen LogP contribution in [0.25, 0.3) is 11.3 Å². The van der Waals surface area contributed by atoms with E-state index in [1.165, 1.54) is 0 Å². The highest BCUT2D eigenvalue weighted by Crippen LogP contribution is 2.20. The van der Waals surface area contributed by atoms with E-state index in [0.717, 1.165) is 22.6 Å². The van der Waals surface area contributed by atoms with Gasteiger partial charge in [0.25, 0.3) is 5.91 Å². The van der Waals surface area contributed by atoms with E-state index in [0.29, 0.717) is 18.7 Å². The monoisotopic (exact) mass is 321 g/mol. The third-order valence-corrected chi connectivity index (χ3v) is 3.63. The summed E-state index contributed by atoms with van der Waals surface area (Å²) in [5.41, 5.74) is 3.20. The average Bonchev–Trinajstić information content (AvgIpc) is 3.12. The minimum absolute atomic E-state index is 0.156. The Balaban J connectivity index is 1.67. The van der Waals surface area contributed by atoms with Crippen LogP contribution < -0.4 is 10.1 Å². The number of aromatic amines is 1. The Morgan fingerprint density at radius 3 is 2.58 bits per heavy atom. The molecule has 0 aliphatic carbocycles. The smallest absolute Gasteiger partial charge is 0.255 e. The molecule has 5 heteroatoms. The Morgan fingerprint density at radius 2 is 1.88 bits per heavy atom. The van der Waals surface area contributed by atoms with Gasteiger partial charge in [0.05, 0.1) is 24.1 Å². The van der Waals surface area contributed by atoms with Crippen LogP contribution in [0.4, 0.5) is 0 Å². The largest absolute Gasteiger partial charge is 0.494 e. The van der Waals surface area contributed by atoms with Crippen molar-refractivity contribution in [2.75, 3.05) is 6.61 Å². The van der Waals surface area contributed by atoms with Crippen LogP contribution >= 0.6 is 0 Å². The van der Waals surface area contributed by atoms with Gasteiger partial charge in [0.1, 0.15) is 5.75 Å². The van der Waals surface area contributed by atoms with Gasteiger partial charge in [-0.1, -0.05) is 42.5 Å². The van der Waals surface area contributed by atoms with Crippen LogP contribution in [-0.2, 0) is 6.54 Å². The summed E-state index contributed by atoms with van der Waals surface area (Å²) in [7, 11) is 0. The predicted molar refractivity (Wildman–Crippen MR) is 92.8 cm³/mol. The third kappa shape index (κ3) is 3.63. The van der Waals surface area contributed by atoms with Crippen molar-refractivity contribution in [2.45, 2.75) is 13.5 Å². The topological polar surface area (TPSA) is 67.0 Å². The lowest BCUT2D eigenvalue weighted by Gasteiger charge is -2.07. The minimum atomic E-state index is -0.156. The quantitative estimate of drug-likeness (QED) is 0.731. The molecular formula is C19H19N3O2. The van der Waals surface area contributed by atoms with Gasteiger partial charge in [0.2, 0.25) is 0 Å². The van der Waals surface area contributed by atoms with E-state index < -0.39 is 0 Å². The molecule has 0 saturated heterocycles. The first-order chi connectivity index (χ1) is 11.8. The summed E-state index contributed by atoms with van der Waals surface area (Å²) >= 11 is 0. The zero-order chi connectivity index (χ0) is 16.8. The van der Waals surface area contributed by atoms with Gasteiger partial charge in [0, 0.05) is 12.1 Å². The second-order valence-corrected chi connectivity index (χ2v) is 5.28. The van der Waals surface area contributed by atoms with Crippen molar-refractivity contribution in [1.82, 2.24) is 15.5 Å². The number of H-pyrrole nitrogens is 1. The van der Waals surface area contributed by atoms with Gasteiger partial charge in [-0.2, -0.15) is 5.10 Å². The normalized spacial score (nSPS) is 10.4. The molecule has 0 aliphatic heterocycles. The van der Waals surface area contributed by atoms with E-state index in [9.17, 15) is 4.79 Å². The lowest BCUT2D eigenvalue weighted by Crippen LogP contribution is -2.22. The van der Waals surface area contributed by atoms with Crippen molar-refractivity contribution in [1.29, 1.82) is 0 Å². The van der Waals surface area contributed by atoms with Gasteiger partial charge < -0.3 is 10.1 Å². The molecule has 1 heterocycles. The molecule has 24 heavy (non-hydrogen) atoms. The first-order valence-electron chi connectivity index (χ1n) is 7.86. The Morgan fingerprint density at radius 1 is 1.12 bits per heavy atom. The lowest BCUT2D eigenvalue weighted by atomic mass is 10.1. The van der Waals surface area contributed by atoms with E-state index in [1.54, 1.807) is 6.20 Å². The van der Waals surface area contributed by atoms with Crippen molar-refractivity contribution in [3.05, 3.63) is 71.9 Å². The molecule has 3 aromatic rings. The van der Waals surface area contributed by atoms with Crippen molar-refractivity contribution in [3.63, 3.8) is 0 Å². The van der Waals surface area contributed by atoms with Crippen LogP contribution in [0.2, 0.25) is 0 Å². The zero-order valence-corrected chi connectivity index (χ0v) is 13.5. The maximum absolute atomic E-state index is 12.4. The Kier molecular flexibility index (Phi) is 4.91. The van der Waals surface area contributed by atoms with Crippen molar-refractivity contribution >= 4 is 5.91 Å². The maximum Gasteiger partial charge on any atom is 0.255 e. The zero-order valence-electron chi connectivity index (χ0n) is 13.5.